The van der Waals surface area contributed by atoms with Crippen LogP contribution in [-0.2, 0) is 13.2 Å². The van der Waals surface area contributed by atoms with Gasteiger partial charge in [0.25, 0.3) is 0 Å². The molecular weight excluding hydrogens is 320 g/mol. The summed E-state index contributed by atoms with van der Waals surface area (Å²) in [5, 5.41) is 6.15. The van der Waals surface area contributed by atoms with Crippen LogP contribution in [0.1, 0.15) is 16.7 Å². The minimum atomic E-state index is 0.521. The molecule has 0 aliphatic heterocycles. The van der Waals surface area contributed by atoms with Gasteiger partial charge >= 0.3 is 0 Å². The van der Waals surface area contributed by atoms with Crippen LogP contribution in [-0.4, -0.2) is 12.1 Å². The number of benzene rings is 2. The molecule has 0 fully saturated rings. The van der Waals surface area contributed by atoms with Crippen molar-refractivity contribution < 1.29 is 9.47 Å². The normalized spacial score (nSPS) is 10.4. The zero-order valence-corrected chi connectivity index (χ0v) is 14.6. The highest BCUT2D eigenvalue weighted by molar-refractivity contribution is 7.13. The molecule has 0 atom stereocenters. The molecule has 0 unspecified atom stereocenters. The van der Waals surface area contributed by atoms with Crippen molar-refractivity contribution in [2.75, 3.05) is 12.4 Å². The number of ether oxygens (including phenoxy) is 2. The predicted octanol–water partition coefficient (Wildman–Crippen LogP) is 4.65. The van der Waals surface area contributed by atoms with Crippen LogP contribution in [0.25, 0.3) is 0 Å². The van der Waals surface area contributed by atoms with E-state index in [1.54, 1.807) is 24.6 Å². The Morgan fingerprint density at radius 2 is 1.83 bits per heavy atom. The minimum Gasteiger partial charge on any atom is -0.493 e. The Bertz CT molecular complexity index is 771. The molecule has 0 spiro atoms. The van der Waals surface area contributed by atoms with E-state index in [1.165, 1.54) is 5.56 Å². The molecule has 0 amide bonds. The van der Waals surface area contributed by atoms with E-state index in [1.807, 2.05) is 23.6 Å². The van der Waals surface area contributed by atoms with Gasteiger partial charge in [0.1, 0.15) is 6.61 Å². The van der Waals surface area contributed by atoms with Gasteiger partial charge in [0.05, 0.1) is 7.11 Å². The first kappa shape index (κ1) is 16.3. The van der Waals surface area contributed by atoms with E-state index < -0.39 is 0 Å². The summed E-state index contributed by atoms with van der Waals surface area (Å²) in [5.41, 5.74) is 3.50. The molecule has 5 heteroatoms. The maximum Gasteiger partial charge on any atom is 0.182 e. The summed E-state index contributed by atoms with van der Waals surface area (Å²) in [5.74, 6) is 1.48. The second kappa shape index (κ2) is 7.84. The van der Waals surface area contributed by atoms with Crippen molar-refractivity contribution in [2.24, 2.45) is 0 Å². The zero-order chi connectivity index (χ0) is 16.8. The molecule has 0 saturated heterocycles. The number of anilines is 1. The summed E-state index contributed by atoms with van der Waals surface area (Å²) in [6.45, 7) is 3.29. The lowest BCUT2D eigenvalue weighted by molar-refractivity contribution is 0.284. The van der Waals surface area contributed by atoms with E-state index in [0.717, 1.165) is 27.8 Å². The molecule has 1 aromatic heterocycles. The Kier molecular flexibility index (Phi) is 5.33. The van der Waals surface area contributed by atoms with Crippen LogP contribution >= 0.6 is 11.3 Å². The molecule has 0 bridgehead atoms. The highest BCUT2D eigenvalue weighted by Crippen LogP contribution is 2.29. The standard InChI is InChI=1S/C19H20N2O2S/c1-14-3-5-15(6-4-14)13-23-17-8-7-16(11-18(17)22-2)12-21-19-20-9-10-24-19/h3-11H,12-13H2,1-2H3,(H,20,21). The van der Waals surface area contributed by atoms with Gasteiger partial charge in [-0.15, -0.1) is 11.3 Å². The average Bonchev–Trinajstić information content (AvgIpc) is 3.13. The smallest absolute Gasteiger partial charge is 0.182 e. The highest BCUT2D eigenvalue weighted by Gasteiger charge is 2.07. The summed E-state index contributed by atoms with van der Waals surface area (Å²) in [6.07, 6.45) is 1.79. The molecule has 124 valence electrons. The molecule has 0 aliphatic carbocycles. The first-order valence-electron chi connectivity index (χ1n) is 7.73. The van der Waals surface area contributed by atoms with Crippen molar-refractivity contribution in [3.8, 4) is 11.5 Å². The first-order chi connectivity index (χ1) is 11.7. The monoisotopic (exact) mass is 340 g/mol. The average molecular weight is 340 g/mol. The Hall–Kier alpha value is -2.53. The fraction of sp³-hybridized carbons (Fsp3) is 0.211. The van der Waals surface area contributed by atoms with Crippen molar-refractivity contribution in [2.45, 2.75) is 20.1 Å². The lowest BCUT2D eigenvalue weighted by atomic mass is 10.1. The van der Waals surface area contributed by atoms with Crippen molar-refractivity contribution >= 4 is 16.5 Å². The van der Waals surface area contributed by atoms with E-state index >= 15 is 0 Å². The number of nitrogens with zero attached hydrogens (tertiary/aromatic N) is 1. The van der Waals surface area contributed by atoms with Gasteiger partial charge in [-0.1, -0.05) is 35.9 Å². The molecule has 24 heavy (non-hydrogen) atoms. The lowest BCUT2D eigenvalue weighted by Crippen LogP contribution is -2.01. The van der Waals surface area contributed by atoms with Crippen molar-refractivity contribution in [3.05, 3.63) is 70.7 Å². The molecule has 2 aromatic carbocycles. The third-order valence-corrected chi connectivity index (χ3v) is 4.35. The Morgan fingerprint density at radius 3 is 2.54 bits per heavy atom. The number of hydrogen-bond donors (Lipinski definition) is 1. The topological polar surface area (TPSA) is 43.4 Å². The number of methoxy groups -OCH3 is 1. The van der Waals surface area contributed by atoms with Gasteiger partial charge < -0.3 is 14.8 Å². The molecule has 0 aliphatic rings. The molecule has 1 N–H and O–H groups in total. The van der Waals surface area contributed by atoms with E-state index in [0.29, 0.717) is 13.2 Å². The summed E-state index contributed by atoms with van der Waals surface area (Å²) in [4.78, 5) is 4.21. The van der Waals surface area contributed by atoms with Gasteiger partial charge in [-0.25, -0.2) is 4.98 Å². The Balaban J connectivity index is 1.63. The van der Waals surface area contributed by atoms with Crippen LogP contribution in [0, 0.1) is 6.92 Å². The van der Waals surface area contributed by atoms with Gasteiger partial charge in [-0.2, -0.15) is 0 Å². The number of aryl methyl sites for hydroxylation is 1. The van der Waals surface area contributed by atoms with Crippen LogP contribution in [0.15, 0.2) is 54.0 Å². The summed E-state index contributed by atoms with van der Waals surface area (Å²) in [7, 11) is 1.66. The minimum absolute atomic E-state index is 0.521. The van der Waals surface area contributed by atoms with E-state index in [2.05, 4.69) is 41.5 Å². The second-order valence-electron chi connectivity index (χ2n) is 5.45. The van der Waals surface area contributed by atoms with Crippen molar-refractivity contribution in [1.29, 1.82) is 0 Å². The fourth-order valence-electron chi connectivity index (χ4n) is 2.28. The zero-order valence-electron chi connectivity index (χ0n) is 13.8. The summed E-state index contributed by atoms with van der Waals surface area (Å²) in [6, 6.07) is 14.3. The van der Waals surface area contributed by atoms with Gasteiger partial charge in [-0.3, -0.25) is 0 Å². The third-order valence-electron chi connectivity index (χ3n) is 3.62. The quantitative estimate of drug-likeness (QED) is 0.680. The molecule has 3 aromatic rings. The maximum absolute atomic E-state index is 5.90. The van der Waals surface area contributed by atoms with Crippen LogP contribution in [0.5, 0.6) is 11.5 Å². The molecule has 0 saturated carbocycles. The van der Waals surface area contributed by atoms with Crippen molar-refractivity contribution in [3.63, 3.8) is 0 Å². The SMILES string of the molecule is COc1cc(CNc2nccs2)ccc1OCc1ccc(C)cc1. The largest absolute Gasteiger partial charge is 0.493 e. The number of nitrogens with one attached hydrogen (secondary N) is 1. The van der Waals surface area contributed by atoms with Crippen LogP contribution < -0.4 is 14.8 Å². The second-order valence-corrected chi connectivity index (χ2v) is 6.34. The fourth-order valence-corrected chi connectivity index (χ4v) is 2.80. The molecular formula is C19H20N2O2S. The van der Waals surface area contributed by atoms with Gasteiger partial charge in [0.2, 0.25) is 0 Å². The maximum atomic E-state index is 5.90. The van der Waals surface area contributed by atoms with E-state index in [4.69, 9.17) is 9.47 Å². The Morgan fingerprint density at radius 1 is 1.04 bits per heavy atom. The predicted molar refractivity (Wildman–Crippen MR) is 97.9 cm³/mol. The molecule has 1 heterocycles. The third kappa shape index (κ3) is 4.26. The summed E-state index contributed by atoms with van der Waals surface area (Å²) < 4.78 is 11.4. The number of thiazole rings is 1. The van der Waals surface area contributed by atoms with Gasteiger partial charge in [0.15, 0.2) is 16.6 Å². The van der Waals surface area contributed by atoms with E-state index in [-0.39, 0.29) is 0 Å². The first-order valence-corrected chi connectivity index (χ1v) is 8.61. The van der Waals surface area contributed by atoms with Crippen LogP contribution in [0.2, 0.25) is 0 Å². The Labute approximate surface area is 146 Å². The summed E-state index contributed by atoms with van der Waals surface area (Å²) >= 11 is 1.58. The number of rotatable bonds is 7. The molecule has 3 rings (SSSR count). The van der Waals surface area contributed by atoms with Crippen LogP contribution in [0.3, 0.4) is 0 Å². The molecule has 4 nitrogen and oxygen atoms in total. The van der Waals surface area contributed by atoms with Gasteiger partial charge in [-0.05, 0) is 30.2 Å². The number of aromatic nitrogens is 1. The van der Waals surface area contributed by atoms with Crippen molar-refractivity contribution in [1.82, 2.24) is 4.98 Å². The molecule has 0 radical (unpaired) electrons. The van der Waals surface area contributed by atoms with E-state index in [9.17, 15) is 0 Å². The highest BCUT2D eigenvalue weighted by atomic mass is 32.1. The van der Waals surface area contributed by atoms with Crippen LogP contribution in [0.4, 0.5) is 5.13 Å². The number of hydrogen-bond acceptors (Lipinski definition) is 5. The van der Waals surface area contributed by atoms with Gasteiger partial charge in [0, 0.05) is 18.1 Å². The lowest BCUT2D eigenvalue weighted by Gasteiger charge is -2.13.